The second-order valence-electron chi connectivity index (χ2n) is 3.62. The van der Waals surface area contributed by atoms with Crippen LogP contribution in [0.5, 0.6) is 0 Å². The average molecular weight is 178 g/mol. The predicted molar refractivity (Wildman–Crippen MR) is 48.9 cm³/mol. The first kappa shape index (κ1) is 8.63. The van der Waals surface area contributed by atoms with Crippen molar-refractivity contribution in [3.05, 3.63) is 24.3 Å². The molecule has 1 unspecified atom stereocenters. The Morgan fingerprint density at radius 2 is 2.08 bits per heavy atom. The zero-order valence-electron chi connectivity index (χ0n) is 7.56. The summed E-state index contributed by atoms with van der Waals surface area (Å²) in [4.78, 5) is 8.07. The van der Waals surface area contributed by atoms with Gasteiger partial charge in [-0.15, -0.1) is 0 Å². The van der Waals surface area contributed by atoms with Crippen LogP contribution in [0.3, 0.4) is 0 Å². The quantitative estimate of drug-likeness (QED) is 0.749. The monoisotopic (exact) mass is 178 g/mol. The van der Waals surface area contributed by atoms with Gasteiger partial charge in [0, 0.05) is 12.4 Å². The Morgan fingerprint density at radius 1 is 1.31 bits per heavy atom. The van der Waals surface area contributed by atoms with Crippen molar-refractivity contribution in [1.82, 2.24) is 9.97 Å². The molecule has 2 rings (SSSR count). The molecule has 1 aliphatic rings. The first-order valence-corrected chi connectivity index (χ1v) is 4.82. The van der Waals surface area contributed by atoms with Crippen LogP contribution in [0.25, 0.3) is 0 Å². The SMILES string of the molecule is OC(c1cnccn1)C1CCCC1. The van der Waals surface area contributed by atoms with Gasteiger partial charge in [-0.2, -0.15) is 0 Å². The number of aliphatic hydroxyl groups is 1. The molecule has 70 valence electrons. The average Bonchev–Trinajstić information content (AvgIpc) is 2.71. The van der Waals surface area contributed by atoms with E-state index in [9.17, 15) is 5.11 Å². The van der Waals surface area contributed by atoms with E-state index in [2.05, 4.69) is 9.97 Å². The van der Waals surface area contributed by atoms with Crippen LogP contribution in [0.2, 0.25) is 0 Å². The smallest absolute Gasteiger partial charge is 0.100 e. The van der Waals surface area contributed by atoms with Gasteiger partial charge in [-0.1, -0.05) is 12.8 Å². The minimum atomic E-state index is -0.406. The highest BCUT2D eigenvalue weighted by Crippen LogP contribution is 2.34. The lowest BCUT2D eigenvalue weighted by Crippen LogP contribution is -2.10. The van der Waals surface area contributed by atoms with Crippen LogP contribution in [0.15, 0.2) is 18.6 Å². The summed E-state index contributed by atoms with van der Waals surface area (Å²) >= 11 is 0. The zero-order valence-corrected chi connectivity index (χ0v) is 7.56. The van der Waals surface area contributed by atoms with Gasteiger partial charge in [0.2, 0.25) is 0 Å². The number of rotatable bonds is 2. The Bertz CT molecular complexity index is 257. The fraction of sp³-hybridized carbons (Fsp3) is 0.600. The summed E-state index contributed by atoms with van der Waals surface area (Å²) < 4.78 is 0. The highest BCUT2D eigenvalue weighted by Gasteiger charge is 2.25. The summed E-state index contributed by atoms with van der Waals surface area (Å²) in [5.41, 5.74) is 0.717. The Kier molecular flexibility index (Phi) is 2.54. The summed E-state index contributed by atoms with van der Waals surface area (Å²) in [5, 5.41) is 9.92. The Labute approximate surface area is 77.8 Å². The van der Waals surface area contributed by atoms with Gasteiger partial charge in [-0.05, 0) is 18.8 Å². The van der Waals surface area contributed by atoms with Gasteiger partial charge in [-0.25, -0.2) is 0 Å². The van der Waals surface area contributed by atoms with Crippen molar-refractivity contribution in [2.75, 3.05) is 0 Å². The van der Waals surface area contributed by atoms with E-state index in [4.69, 9.17) is 0 Å². The molecule has 0 aromatic carbocycles. The topological polar surface area (TPSA) is 46.0 Å². The Hall–Kier alpha value is -0.960. The minimum absolute atomic E-state index is 0.400. The summed E-state index contributed by atoms with van der Waals surface area (Å²) in [6.07, 6.45) is 9.23. The maximum atomic E-state index is 9.92. The van der Waals surface area contributed by atoms with Gasteiger partial charge in [0.05, 0.1) is 11.9 Å². The van der Waals surface area contributed by atoms with E-state index in [1.807, 2.05) is 0 Å². The third-order valence-electron chi connectivity index (χ3n) is 2.73. The predicted octanol–water partition coefficient (Wildman–Crippen LogP) is 1.70. The van der Waals surface area contributed by atoms with Crippen LogP contribution < -0.4 is 0 Å². The highest BCUT2D eigenvalue weighted by molar-refractivity contribution is 5.01. The Morgan fingerprint density at radius 3 is 2.69 bits per heavy atom. The van der Waals surface area contributed by atoms with Crippen LogP contribution >= 0.6 is 0 Å². The molecule has 0 bridgehead atoms. The molecular weight excluding hydrogens is 164 g/mol. The van der Waals surface area contributed by atoms with Gasteiger partial charge in [0.25, 0.3) is 0 Å². The lowest BCUT2D eigenvalue weighted by molar-refractivity contribution is 0.107. The second-order valence-corrected chi connectivity index (χ2v) is 3.62. The molecule has 1 atom stereocenters. The third kappa shape index (κ3) is 1.86. The van der Waals surface area contributed by atoms with E-state index < -0.39 is 6.10 Å². The molecule has 3 heteroatoms. The largest absolute Gasteiger partial charge is 0.386 e. The van der Waals surface area contributed by atoms with Crippen molar-refractivity contribution >= 4 is 0 Å². The molecule has 0 spiro atoms. The number of hydrogen-bond donors (Lipinski definition) is 1. The molecule has 1 N–H and O–H groups in total. The second kappa shape index (κ2) is 3.83. The van der Waals surface area contributed by atoms with Crippen LogP contribution in [-0.4, -0.2) is 15.1 Å². The summed E-state index contributed by atoms with van der Waals surface area (Å²) in [5.74, 6) is 0.400. The van der Waals surface area contributed by atoms with Crippen LogP contribution in [0.4, 0.5) is 0 Å². The van der Waals surface area contributed by atoms with E-state index in [0.29, 0.717) is 5.92 Å². The molecule has 13 heavy (non-hydrogen) atoms. The lowest BCUT2D eigenvalue weighted by Gasteiger charge is -2.15. The maximum Gasteiger partial charge on any atom is 0.100 e. The zero-order chi connectivity index (χ0) is 9.10. The van der Waals surface area contributed by atoms with Gasteiger partial charge < -0.3 is 5.11 Å². The fourth-order valence-corrected chi connectivity index (χ4v) is 1.98. The number of nitrogens with zero attached hydrogens (tertiary/aromatic N) is 2. The van der Waals surface area contributed by atoms with Gasteiger partial charge >= 0.3 is 0 Å². The summed E-state index contributed by atoms with van der Waals surface area (Å²) in [6, 6.07) is 0. The first-order valence-electron chi connectivity index (χ1n) is 4.82. The van der Waals surface area contributed by atoms with Crippen molar-refractivity contribution < 1.29 is 5.11 Å². The molecule has 1 saturated carbocycles. The third-order valence-corrected chi connectivity index (χ3v) is 2.73. The van der Waals surface area contributed by atoms with E-state index in [-0.39, 0.29) is 0 Å². The van der Waals surface area contributed by atoms with E-state index in [1.165, 1.54) is 12.8 Å². The Balaban J connectivity index is 2.08. The van der Waals surface area contributed by atoms with Crippen molar-refractivity contribution in [3.63, 3.8) is 0 Å². The molecule has 1 fully saturated rings. The van der Waals surface area contributed by atoms with Crippen molar-refractivity contribution in [2.45, 2.75) is 31.8 Å². The molecule has 1 heterocycles. The number of aromatic nitrogens is 2. The minimum Gasteiger partial charge on any atom is -0.386 e. The van der Waals surface area contributed by atoms with E-state index in [0.717, 1.165) is 18.5 Å². The molecule has 0 saturated heterocycles. The number of aliphatic hydroxyl groups excluding tert-OH is 1. The molecule has 0 aliphatic heterocycles. The van der Waals surface area contributed by atoms with Gasteiger partial charge in [0.1, 0.15) is 6.10 Å². The lowest BCUT2D eigenvalue weighted by atomic mass is 9.99. The van der Waals surface area contributed by atoms with Crippen LogP contribution in [0, 0.1) is 5.92 Å². The molecule has 0 radical (unpaired) electrons. The molecule has 0 amide bonds. The van der Waals surface area contributed by atoms with Crippen LogP contribution in [-0.2, 0) is 0 Å². The van der Waals surface area contributed by atoms with Crippen LogP contribution in [0.1, 0.15) is 37.5 Å². The van der Waals surface area contributed by atoms with E-state index in [1.54, 1.807) is 18.6 Å². The summed E-state index contributed by atoms with van der Waals surface area (Å²) in [7, 11) is 0. The number of hydrogen-bond acceptors (Lipinski definition) is 3. The van der Waals surface area contributed by atoms with E-state index >= 15 is 0 Å². The molecular formula is C10H14N2O. The molecule has 1 aliphatic carbocycles. The van der Waals surface area contributed by atoms with Crippen molar-refractivity contribution in [2.24, 2.45) is 5.92 Å². The molecule has 1 aromatic heterocycles. The maximum absolute atomic E-state index is 9.92. The summed E-state index contributed by atoms with van der Waals surface area (Å²) in [6.45, 7) is 0. The molecule has 3 nitrogen and oxygen atoms in total. The van der Waals surface area contributed by atoms with Gasteiger partial charge in [-0.3, -0.25) is 9.97 Å². The first-order chi connectivity index (χ1) is 6.38. The standard InChI is InChI=1S/C10H14N2O/c13-10(8-3-1-2-4-8)9-7-11-5-6-12-9/h5-8,10,13H,1-4H2. The highest BCUT2D eigenvalue weighted by atomic mass is 16.3. The van der Waals surface area contributed by atoms with Crippen molar-refractivity contribution in [1.29, 1.82) is 0 Å². The van der Waals surface area contributed by atoms with Gasteiger partial charge in [0.15, 0.2) is 0 Å². The fourth-order valence-electron chi connectivity index (χ4n) is 1.98. The normalized spacial score (nSPS) is 20.4. The molecule has 1 aromatic rings. The van der Waals surface area contributed by atoms with Crippen molar-refractivity contribution in [3.8, 4) is 0 Å².